The second kappa shape index (κ2) is 19.2. The predicted molar refractivity (Wildman–Crippen MR) is 202 cm³/mol. The minimum Gasteiger partial charge on any atom is -0.463 e. The van der Waals surface area contributed by atoms with Crippen LogP contribution in [0.3, 0.4) is 0 Å². The minimum atomic E-state index is -3.26. The number of nitrogens with zero attached hydrogens (tertiary/aromatic N) is 1. The molecular weight excluding hydrogens is 789 g/mol. The lowest BCUT2D eigenvalue weighted by Crippen LogP contribution is -2.66. The van der Waals surface area contributed by atoms with Gasteiger partial charge in [-0.3, -0.25) is 33.5 Å². The number of H-pyrrole nitrogens is 1. The molecule has 0 aliphatic carbocycles. The van der Waals surface area contributed by atoms with Crippen molar-refractivity contribution < 1.29 is 70.0 Å². The van der Waals surface area contributed by atoms with E-state index in [-0.39, 0.29) is 28.8 Å². The summed E-state index contributed by atoms with van der Waals surface area (Å²) < 4.78 is 69.4. The van der Waals surface area contributed by atoms with E-state index in [0.29, 0.717) is 0 Å². The Kier molecular flexibility index (Phi) is 15.6. The normalized spacial score (nSPS) is 29.7. The Bertz CT molecular complexity index is 1680. The standard InChI is InChI=1S/C36H58N2O17Si2/c1-18(2)56(19(3)4)48-16-27-30(54-57(55-56,20(5)6)21(7)8)32(34(52-27)38-14-13-28(43)37-36(38)44)46-17-47-35-33(51-25(12)42)31(50-24(11)41)29(49-23(10)40)26(53-35)15-45-22(9)39/h13-14,18-21,26-27,29-35H,15-17H2,1-12H3,(H,37,43,44)/t26-,27-,29+,30?,31+,32+,33-,34-,35-/m1/s1. The molecule has 0 radical (unpaired) electrons. The molecule has 3 fully saturated rings. The number of esters is 4. The van der Waals surface area contributed by atoms with Crippen molar-refractivity contribution in [2.45, 2.75) is 160 Å². The van der Waals surface area contributed by atoms with Crippen LogP contribution in [0.15, 0.2) is 21.9 Å². The molecule has 3 aliphatic heterocycles. The molecule has 322 valence electrons. The smallest absolute Gasteiger partial charge is 0.335 e. The summed E-state index contributed by atoms with van der Waals surface area (Å²) in [7, 11) is -6.25. The number of ether oxygens (including phenoxy) is 8. The van der Waals surface area contributed by atoms with Crippen LogP contribution in [0.25, 0.3) is 0 Å². The van der Waals surface area contributed by atoms with Gasteiger partial charge in [0.25, 0.3) is 5.56 Å². The van der Waals surface area contributed by atoms with Crippen molar-refractivity contribution in [3.05, 3.63) is 33.1 Å². The summed E-state index contributed by atoms with van der Waals surface area (Å²) in [4.78, 5) is 76.3. The van der Waals surface area contributed by atoms with Crippen molar-refractivity contribution in [2.75, 3.05) is 20.0 Å². The van der Waals surface area contributed by atoms with E-state index >= 15 is 0 Å². The summed E-state index contributed by atoms with van der Waals surface area (Å²) in [5.41, 5.74) is -1.45. The zero-order valence-corrected chi connectivity index (χ0v) is 36.7. The molecule has 0 saturated carbocycles. The fraction of sp³-hybridized carbons (Fsp3) is 0.778. The number of aromatic nitrogens is 2. The lowest BCUT2D eigenvalue weighted by Gasteiger charge is -2.51. The van der Waals surface area contributed by atoms with E-state index in [1.54, 1.807) is 0 Å². The Balaban J connectivity index is 1.76. The van der Waals surface area contributed by atoms with Crippen LogP contribution in [0.5, 0.6) is 0 Å². The lowest BCUT2D eigenvalue weighted by atomic mass is 9.98. The van der Waals surface area contributed by atoms with E-state index in [1.165, 1.54) is 16.8 Å². The molecule has 1 unspecified atom stereocenters. The molecule has 1 aromatic rings. The molecule has 21 heteroatoms. The molecule has 19 nitrogen and oxygen atoms in total. The summed E-state index contributed by atoms with van der Waals surface area (Å²) in [5.74, 6) is -3.08. The highest BCUT2D eigenvalue weighted by Crippen LogP contribution is 2.48. The monoisotopic (exact) mass is 846 g/mol. The third-order valence-corrected chi connectivity index (χ3v) is 20.4. The molecule has 3 aliphatic rings. The Morgan fingerprint density at radius 3 is 1.84 bits per heavy atom. The Morgan fingerprint density at radius 2 is 1.32 bits per heavy atom. The third kappa shape index (κ3) is 10.5. The summed E-state index contributed by atoms with van der Waals surface area (Å²) >= 11 is 0. The van der Waals surface area contributed by atoms with Crippen LogP contribution in [-0.2, 0) is 70.0 Å². The summed E-state index contributed by atoms with van der Waals surface area (Å²) in [6.07, 6.45) is -9.84. The molecule has 0 amide bonds. The van der Waals surface area contributed by atoms with Crippen LogP contribution in [0, 0.1) is 0 Å². The molecule has 4 rings (SSSR count). The van der Waals surface area contributed by atoms with E-state index < -0.39 is 121 Å². The molecule has 0 bridgehead atoms. The van der Waals surface area contributed by atoms with Gasteiger partial charge in [0, 0.05) is 40.0 Å². The largest absolute Gasteiger partial charge is 0.463 e. The van der Waals surface area contributed by atoms with Crippen molar-refractivity contribution in [3.8, 4) is 0 Å². The van der Waals surface area contributed by atoms with Crippen molar-refractivity contribution in [2.24, 2.45) is 0 Å². The van der Waals surface area contributed by atoms with Gasteiger partial charge in [-0.05, 0) is 22.2 Å². The fourth-order valence-corrected chi connectivity index (χ4v) is 18.9. The van der Waals surface area contributed by atoms with Crippen molar-refractivity contribution in [3.63, 3.8) is 0 Å². The minimum absolute atomic E-state index is 0.0445. The first-order chi connectivity index (χ1) is 26.6. The van der Waals surface area contributed by atoms with Gasteiger partial charge >= 0.3 is 46.7 Å². The summed E-state index contributed by atoms with van der Waals surface area (Å²) in [6, 6.07) is 1.17. The van der Waals surface area contributed by atoms with Crippen LogP contribution in [-0.4, -0.2) is 120 Å². The SMILES string of the molecule is CC(=O)OC[C@H]1O[C@@H](OCO[C@H]2C3O[Si](C(C)C)(C(C)C)O[Si](C(C)C)(C(C)C)OC[C@H]3O[C@H]2n2ccc(=O)[nH]c2=O)[C@H](OC(C)=O)[C@@H](OC(C)=O)[C@H]1OC(C)=O. The Hall–Kier alpha value is -3.29. The average Bonchev–Trinajstić information content (AvgIpc) is 3.40. The van der Waals surface area contributed by atoms with Gasteiger partial charge in [0.15, 0.2) is 31.3 Å². The maximum atomic E-state index is 13.3. The molecule has 1 N–H and O–H groups in total. The van der Waals surface area contributed by atoms with Crippen LogP contribution < -0.4 is 11.2 Å². The number of fused-ring (bicyclic) bond motifs is 1. The van der Waals surface area contributed by atoms with Crippen molar-refractivity contribution in [1.82, 2.24) is 9.55 Å². The number of hydrogen-bond acceptors (Lipinski definition) is 17. The fourth-order valence-electron chi connectivity index (χ4n) is 7.66. The van der Waals surface area contributed by atoms with Gasteiger partial charge in [0.1, 0.15) is 31.0 Å². The van der Waals surface area contributed by atoms with E-state index in [4.69, 9.17) is 50.9 Å². The maximum absolute atomic E-state index is 13.3. The zero-order valence-electron chi connectivity index (χ0n) is 34.7. The number of carbonyl (C=O) groups is 4. The van der Waals surface area contributed by atoms with E-state index in [2.05, 4.69) is 32.7 Å². The highest BCUT2D eigenvalue weighted by atomic mass is 28.5. The van der Waals surface area contributed by atoms with E-state index in [1.807, 2.05) is 27.7 Å². The molecule has 0 spiro atoms. The first kappa shape index (κ1) is 46.4. The lowest BCUT2D eigenvalue weighted by molar-refractivity contribution is -0.325. The number of rotatable bonds is 14. The second-order valence-corrected chi connectivity index (χ2v) is 24.5. The van der Waals surface area contributed by atoms with Crippen molar-refractivity contribution in [1.29, 1.82) is 0 Å². The Labute approximate surface area is 333 Å². The highest BCUT2D eigenvalue weighted by Gasteiger charge is 2.62. The van der Waals surface area contributed by atoms with Gasteiger partial charge in [-0.25, -0.2) is 4.79 Å². The molecule has 3 saturated heterocycles. The molecule has 57 heavy (non-hydrogen) atoms. The van der Waals surface area contributed by atoms with Gasteiger partial charge in [0.05, 0.1) is 6.61 Å². The van der Waals surface area contributed by atoms with Gasteiger partial charge < -0.3 is 50.9 Å². The molecule has 4 heterocycles. The zero-order chi connectivity index (χ0) is 42.6. The number of aromatic amines is 1. The molecule has 1 aromatic heterocycles. The number of nitrogens with one attached hydrogen (secondary N) is 1. The Morgan fingerprint density at radius 1 is 0.754 bits per heavy atom. The van der Waals surface area contributed by atoms with Crippen LogP contribution in [0.1, 0.15) is 89.3 Å². The van der Waals surface area contributed by atoms with Crippen molar-refractivity contribution >= 4 is 41.0 Å². The molecule has 9 atom stereocenters. The maximum Gasteiger partial charge on any atom is 0.335 e. The van der Waals surface area contributed by atoms with Crippen LogP contribution >= 0.6 is 0 Å². The van der Waals surface area contributed by atoms with Gasteiger partial charge in [-0.1, -0.05) is 55.4 Å². The molecular formula is C36H58N2O17Si2. The number of carbonyl (C=O) groups excluding carboxylic acids is 4. The topological polar surface area (TPSA) is 225 Å². The highest BCUT2D eigenvalue weighted by molar-refractivity contribution is 6.84. The predicted octanol–water partition coefficient (Wildman–Crippen LogP) is 2.83. The van der Waals surface area contributed by atoms with Crippen LogP contribution in [0.4, 0.5) is 0 Å². The van der Waals surface area contributed by atoms with Gasteiger partial charge in [-0.15, -0.1) is 0 Å². The number of hydrogen-bond donors (Lipinski definition) is 1. The third-order valence-electron chi connectivity index (χ3n) is 10.2. The summed E-state index contributed by atoms with van der Waals surface area (Å²) in [5, 5.41) is 0. The van der Waals surface area contributed by atoms with Gasteiger partial charge in [0.2, 0.25) is 6.29 Å². The molecule has 0 aromatic carbocycles. The van der Waals surface area contributed by atoms with Crippen LogP contribution in [0.2, 0.25) is 22.2 Å². The first-order valence-electron chi connectivity index (χ1n) is 19.2. The van der Waals surface area contributed by atoms with E-state index in [9.17, 15) is 28.8 Å². The van der Waals surface area contributed by atoms with E-state index in [0.717, 1.165) is 27.7 Å². The quantitative estimate of drug-likeness (QED) is 0.123. The summed E-state index contributed by atoms with van der Waals surface area (Å²) in [6.45, 7) is 20.0. The second-order valence-electron chi connectivity index (χ2n) is 15.6. The van der Waals surface area contributed by atoms with Gasteiger partial charge in [-0.2, -0.15) is 0 Å². The average molecular weight is 847 g/mol. The first-order valence-corrected chi connectivity index (χ1v) is 23.1.